The Morgan fingerprint density at radius 2 is 1.84 bits per heavy atom. The van der Waals surface area contributed by atoms with Crippen molar-refractivity contribution in [3.63, 3.8) is 0 Å². The van der Waals surface area contributed by atoms with Crippen LogP contribution in [0.2, 0.25) is 5.02 Å². The predicted octanol–water partition coefficient (Wildman–Crippen LogP) is 5.72. The Kier molecular flexibility index (Phi) is 5.46. The van der Waals surface area contributed by atoms with Gasteiger partial charge in [-0.05, 0) is 42.3 Å². The molecule has 2 aromatic carbocycles. The Morgan fingerprint density at radius 3 is 2.53 bits per heavy atom. The van der Waals surface area contributed by atoms with E-state index in [2.05, 4.69) is 56.2 Å². The van der Waals surface area contributed by atoms with E-state index in [9.17, 15) is 0 Å². The molecule has 0 spiro atoms. The number of hydrogen-bond acceptors (Lipinski definition) is 1. The van der Waals surface area contributed by atoms with Crippen molar-refractivity contribution in [3.8, 4) is 0 Å². The first-order valence-electron chi connectivity index (χ1n) is 5.99. The zero-order valence-corrected chi connectivity index (χ0v) is 14.4. The van der Waals surface area contributed by atoms with Crippen molar-refractivity contribution in [2.24, 2.45) is 0 Å². The molecule has 2 aromatic rings. The number of rotatable bonds is 4. The maximum Gasteiger partial charge on any atom is 0.0462 e. The first-order chi connectivity index (χ1) is 9.06. The monoisotopic (exact) mass is 401 g/mol. The third-order valence-corrected chi connectivity index (χ3v) is 4.30. The number of nitrogens with one attached hydrogen (secondary N) is 1. The molecule has 0 amide bonds. The molecular weight excluding hydrogens is 389 g/mol. The Bertz CT molecular complexity index is 572. The fourth-order valence-corrected chi connectivity index (χ4v) is 2.98. The lowest BCUT2D eigenvalue weighted by atomic mass is 10.1. The van der Waals surface area contributed by atoms with E-state index in [0.717, 1.165) is 26.1 Å². The molecule has 0 saturated heterocycles. The summed E-state index contributed by atoms with van der Waals surface area (Å²) in [6.07, 6.45) is 0. The van der Waals surface area contributed by atoms with E-state index in [1.165, 1.54) is 5.56 Å². The van der Waals surface area contributed by atoms with Gasteiger partial charge >= 0.3 is 0 Å². The maximum atomic E-state index is 6.21. The Labute approximate surface area is 135 Å². The van der Waals surface area contributed by atoms with Crippen molar-refractivity contribution in [3.05, 3.63) is 67.6 Å². The van der Waals surface area contributed by atoms with Crippen LogP contribution in [0.25, 0.3) is 0 Å². The SMILES string of the molecule is C[C@H](NCc1ccc(Br)cc1Cl)c1cccc(Br)c1. The highest BCUT2D eigenvalue weighted by Crippen LogP contribution is 2.23. The molecule has 1 atom stereocenters. The highest BCUT2D eigenvalue weighted by molar-refractivity contribution is 9.10. The van der Waals surface area contributed by atoms with Gasteiger partial charge in [0.15, 0.2) is 0 Å². The van der Waals surface area contributed by atoms with Gasteiger partial charge in [-0.1, -0.05) is 61.7 Å². The van der Waals surface area contributed by atoms with Gasteiger partial charge in [-0.25, -0.2) is 0 Å². The first kappa shape index (κ1) is 15.0. The lowest BCUT2D eigenvalue weighted by Crippen LogP contribution is -2.18. The summed E-state index contributed by atoms with van der Waals surface area (Å²) < 4.78 is 2.10. The van der Waals surface area contributed by atoms with Crippen molar-refractivity contribution in [1.82, 2.24) is 5.32 Å². The Hall–Kier alpha value is -0.350. The van der Waals surface area contributed by atoms with Gasteiger partial charge in [0.25, 0.3) is 0 Å². The minimum Gasteiger partial charge on any atom is -0.306 e. The third-order valence-electron chi connectivity index (χ3n) is 2.96. The van der Waals surface area contributed by atoms with Crippen LogP contribution < -0.4 is 5.32 Å². The van der Waals surface area contributed by atoms with E-state index in [1.807, 2.05) is 30.3 Å². The van der Waals surface area contributed by atoms with Crippen LogP contribution in [0.3, 0.4) is 0 Å². The molecule has 0 aromatic heterocycles. The molecule has 100 valence electrons. The zero-order chi connectivity index (χ0) is 13.8. The zero-order valence-electron chi connectivity index (χ0n) is 10.5. The molecule has 1 nitrogen and oxygen atoms in total. The van der Waals surface area contributed by atoms with Gasteiger partial charge in [-0.3, -0.25) is 0 Å². The largest absolute Gasteiger partial charge is 0.306 e. The topological polar surface area (TPSA) is 12.0 Å². The van der Waals surface area contributed by atoms with E-state index in [0.29, 0.717) is 0 Å². The van der Waals surface area contributed by atoms with Crippen LogP contribution in [0.1, 0.15) is 24.1 Å². The van der Waals surface area contributed by atoms with Crippen LogP contribution in [0.15, 0.2) is 51.4 Å². The average Bonchev–Trinajstić information content (AvgIpc) is 2.37. The van der Waals surface area contributed by atoms with Crippen LogP contribution >= 0.6 is 43.5 Å². The van der Waals surface area contributed by atoms with E-state index in [4.69, 9.17) is 11.6 Å². The van der Waals surface area contributed by atoms with Gasteiger partial charge in [-0.2, -0.15) is 0 Å². The van der Waals surface area contributed by atoms with Gasteiger partial charge in [0.1, 0.15) is 0 Å². The first-order valence-corrected chi connectivity index (χ1v) is 7.95. The van der Waals surface area contributed by atoms with Gasteiger partial charge < -0.3 is 5.32 Å². The summed E-state index contributed by atoms with van der Waals surface area (Å²) in [6, 6.07) is 14.6. The number of halogens is 3. The van der Waals surface area contributed by atoms with Gasteiger partial charge in [0.2, 0.25) is 0 Å². The second kappa shape index (κ2) is 6.89. The fraction of sp³-hybridized carbons (Fsp3) is 0.200. The smallest absolute Gasteiger partial charge is 0.0462 e. The summed E-state index contributed by atoms with van der Waals surface area (Å²) in [7, 11) is 0. The molecule has 19 heavy (non-hydrogen) atoms. The Morgan fingerprint density at radius 1 is 1.11 bits per heavy atom. The van der Waals surface area contributed by atoms with Gasteiger partial charge in [0, 0.05) is 26.6 Å². The highest BCUT2D eigenvalue weighted by atomic mass is 79.9. The van der Waals surface area contributed by atoms with Crippen LogP contribution in [0, 0.1) is 0 Å². The normalized spacial score (nSPS) is 12.4. The molecule has 0 aliphatic carbocycles. The molecule has 1 N–H and O–H groups in total. The number of benzene rings is 2. The summed E-state index contributed by atoms with van der Waals surface area (Å²) in [5.74, 6) is 0. The van der Waals surface area contributed by atoms with E-state index < -0.39 is 0 Å². The molecule has 0 bridgehead atoms. The molecule has 4 heteroatoms. The molecule has 0 unspecified atom stereocenters. The summed E-state index contributed by atoms with van der Waals surface area (Å²) >= 11 is 13.1. The minimum atomic E-state index is 0.275. The van der Waals surface area contributed by atoms with Crippen LogP contribution in [-0.2, 0) is 6.54 Å². The molecule has 0 aliphatic heterocycles. The summed E-state index contributed by atoms with van der Waals surface area (Å²) in [4.78, 5) is 0. The summed E-state index contributed by atoms with van der Waals surface area (Å²) in [6.45, 7) is 2.90. The quantitative estimate of drug-likeness (QED) is 0.689. The van der Waals surface area contributed by atoms with Crippen molar-refractivity contribution in [2.45, 2.75) is 19.5 Å². The highest BCUT2D eigenvalue weighted by Gasteiger charge is 2.07. The minimum absolute atomic E-state index is 0.275. The van der Waals surface area contributed by atoms with Crippen molar-refractivity contribution in [2.75, 3.05) is 0 Å². The van der Waals surface area contributed by atoms with E-state index in [-0.39, 0.29) is 6.04 Å². The summed E-state index contributed by atoms with van der Waals surface area (Å²) in [5.41, 5.74) is 2.36. The van der Waals surface area contributed by atoms with Gasteiger partial charge in [0.05, 0.1) is 0 Å². The molecule has 0 aliphatic rings. The third kappa shape index (κ3) is 4.32. The number of hydrogen-bond donors (Lipinski definition) is 1. The van der Waals surface area contributed by atoms with E-state index >= 15 is 0 Å². The van der Waals surface area contributed by atoms with Crippen molar-refractivity contribution >= 4 is 43.5 Å². The predicted molar refractivity (Wildman–Crippen MR) is 88.5 cm³/mol. The Balaban J connectivity index is 2.02. The van der Waals surface area contributed by atoms with E-state index in [1.54, 1.807) is 0 Å². The van der Waals surface area contributed by atoms with Crippen LogP contribution in [-0.4, -0.2) is 0 Å². The second-order valence-electron chi connectivity index (χ2n) is 4.39. The summed E-state index contributed by atoms with van der Waals surface area (Å²) in [5, 5.41) is 4.26. The van der Waals surface area contributed by atoms with Gasteiger partial charge in [-0.15, -0.1) is 0 Å². The second-order valence-corrected chi connectivity index (χ2v) is 6.63. The molecular formula is C15H14Br2ClN. The molecule has 0 radical (unpaired) electrons. The van der Waals surface area contributed by atoms with Crippen molar-refractivity contribution in [1.29, 1.82) is 0 Å². The molecule has 0 heterocycles. The van der Waals surface area contributed by atoms with Crippen LogP contribution in [0.5, 0.6) is 0 Å². The maximum absolute atomic E-state index is 6.21. The van der Waals surface area contributed by atoms with Crippen molar-refractivity contribution < 1.29 is 0 Å². The molecule has 0 fully saturated rings. The standard InChI is InChI=1S/C15H14Br2ClN/c1-10(11-3-2-4-13(16)7-11)19-9-12-5-6-14(17)8-15(12)18/h2-8,10,19H,9H2,1H3/t10-/m0/s1. The average molecular weight is 404 g/mol. The lowest BCUT2D eigenvalue weighted by Gasteiger charge is -2.15. The fourth-order valence-electron chi connectivity index (χ4n) is 1.82. The molecule has 0 saturated carbocycles. The lowest BCUT2D eigenvalue weighted by molar-refractivity contribution is 0.574. The van der Waals surface area contributed by atoms with Crippen LogP contribution in [0.4, 0.5) is 0 Å². The molecule has 2 rings (SSSR count).